The summed E-state index contributed by atoms with van der Waals surface area (Å²) in [5.41, 5.74) is 0. The number of hydrogen-bond acceptors (Lipinski definition) is 3. The summed E-state index contributed by atoms with van der Waals surface area (Å²) < 4.78 is 20.3. The highest BCUT2D eigenvalue weighted by atomic mass is 32.2. The summed E-state index contributed by atoms with van der Waals surface area (Å²) in [7, 11) is 0. The lowest BCUT2D eigenvalue weighted by molar-refractivity contribution is 0.533. The fraction of sp³-hybridized carbons (Fsp3) is 1.00. The maximum atomic E-state index is 10.1. The van der Waals surface area contributed by atoms with Crippen molar-refractivity contribution in [3.8, 4) is 0 Å². The molecule has 0 aromatic rings. The predicted octanol–water partition coefficient (Wildman–Crippen LogP) is 1.15. The number of hydrogen-bond donors (Lipinski definition) is 0. The van der Waals surface area contributed by atoms with Gasteiger partial charge in [0.05, 0.1) is 0 Å². The molecule has 2 nitrogen and oxygen atoms in total. The maximum absolute atomic E-state index is 10.1. The fourth-order valence-electron chi connectivity index (χ4n) is 1.10. The molecule has 0 N–H and O–H groups in total. The van der Waals surface area contributed by atoms with Gasteiger partial charge in [-0.25, -0.2) is 0 Å². The normalized spacial score (nSPS) is 28.7. The predicted molar refractivity (Wildman–Crippen MR) is 43.9 cm³/mol. The summed E-state index contributed by atoms with van der Waals surface area (Å²) in [5.74, 6) is 1.56. The average Bonchev–Trinajstić information content (AvgIpc) is 2.34. The summed E-state index contributed by atoms with van der Waals surface area (Å²) in [6, 6.07) is 0. The molecule has 1 aliphatic rings. The van der Waals surface area contributed by atoms with Crippen LogP contribution in [0.4, 0.5) is 0 Å². The Morgan fingerprint density at radius 2 is 2.50 bits per heavy atom. The Balaban J connectivity index is 2.07. The third-order valence-electron chi connectivity index (χ3n) is 1.63. The minimum Gasteiger partial charge on any atom is -0.772 e. The van der Waals surface area contributed by atoms with Gasteiger partial charge in [-0.05, 0) is 25.0 Å². The second kappa shape index (κ2) is 4.36. The van der Waals surface area contributed by atoms with Gasteiger partial charge in [-0.3, -0.25) is 4.21 Å². The lowest BCUT2D eigenvalue weighted by Gasteiger charge is -2.08. The number of rotatable bonds is 3. The monoisotopic (exact) mass is 179 g/mol. The van der Waals surface area contributed by atoms with Crippen LogP contribution >= 0.6 is 11.8 Å². The molecule has 0 bridgehead atoms. The zero-order valence-corrected chi connectivity index (χ0v) is 7.38. The van der Waals surface area contributed by atoms with Crippen molar-refractivity contribution >= 4 is 22.8 Å². The molecule has 0 aromatic carbocycles. The highest BCUT2D eigenvalue weighted by Gasteiger charge is 2.14. The quantitative estimate of drug-likeness (QED) is 0.610. The maximum Gasteiger partial charge on any atom is 0.0112 e. The van der Waals surface area contributed by atoms with Gasteiger partial charge >= 0.3 is 0 Å². The van der Waals surface area contributed by atoms with Crippen molar-refractivity contribution in [3.63, 3.8) is 0 Å². The first kappa shape index (κ1) is 8.56. The van der Waals surface area contributed by atoms with E-state index < -0.39 is 11.1 Å². The summed E-state index contributed by atoms with van der Waals surface area (Å²) >= 11 is 0.0861. The zero-order chi connectivity index (χ0) is 7.40. The van der Waals surface area contributed by atoms with Crippen LogP contribution < -0.4 is 0 Å². The molecule has 0 amide bonds. The minimum absolute atomic E-state index is 0.345. The van der Waals surface area contributed by atoms with Crippen molar-refractivity contribution in [1.29, 1.82) is 0 Å². The van der Waals surface area contributed by atoms with Crippen LogP contribution in [0.2, 0.25) is 0 Å². The molecule has 10 heavy (non-hydrogen) atoms. The van der Waals surface area contributed by atoms with E-state index in [-0.39, 0.29) is 0 Å². The molecule has 1 aliphatic heterocycles. The van der Waals surface area contributed by atoms with Crippen LogP contribution in [0.3, 0.4) is 0 Å². The molecule has 1 saturated heterocycles. The summed E-state index contributed by atoms with van der Waals surface area (Å²) in [6.45, 7) is 0. The Morgan fingerprint density at radius 1 is 1.70 bits per heavy atom. The summed E-state index contributed by atoms with van der Waals surface area (Å²) in [4.78, 5) is 0. The smallest absolute Gasteiger partial charge is 0.0112 e. The van der Waals surface area contributed by atoms with Gasteiger partial charge in [0.15, 0.2) is 0 Å². The average molecular weight is 179 g/mol. The summed E-state index contributed by atoms with van der Waals surface area (Å²) in [5, 5.41) is 0.623. The van der Waals surface area contributed by atoms with Crippen LogP contribution in [0, 0.1) is 0 Å². The SMILES string of the molecule is O=S([O-])CCC1CCCS1. The molecule has 1 heterocycles. The number of thioether (sulfide) groups is 1. The molecular formula is C6H11O2S2-. The van der Waals surface area contributed by atoms with Gasteiger partial charge in [0.2, 0.25) is 0 Å². The van der Waals surface area contributed by atoms with Gasteiger partial charge in [-0.15, -0.1) is 0 Å². The topological polar surface area (TPSA) is 40.1 Å². The van der Waals surface area contributed by atoms with Gasteiger partial charge < -0.3 is 4.55 Å². The van der Waals surface area contributed by atoms with Crippen LogP contribution in [0.25, 0.3) is 0 Å². The van der Waals surface area contributed by atoms with Crippen molar-refractivity contribution in [2.24, 2.45) is 0 Å². The van der Waals surface area contributed by atoms with Crippen LogP contribution in [0.5, 0.6) is 0 Å². The van der Waals surface area contributed by atoms with Crippen LogP contribution in [-0.2, 0) is 11.1 Å². The van der Waals surface area contributed by atoms with Gasteiger partial charge in [0.25, 0.3) is 0 Å². The van der Waals surface area contributed by atoms with Crippen LogP contribution in [0.1, 0.15) is 19.3 Å². The van der Waals surface area contributed by atoms with Crippen molar-refractivity contribution in [1.82, 2.24) is 0 Å². The van der Waals surface area contributed by atoms with E-state index in [4.69, 9.17) is 0 Å². The molecule has 2 atom stereocenters. The second-order valence-electron chi connectivity index (χ2n) is 2.43. The fourth-order valence-corrected chi connectivity index (χ4v) is 3.01. The van der Waals surface area contributed by atoms with E-state index >= 15 is 0 Å². The largest absolute Gasteiger partial charge is 0.772 e. The Kier molecular flexibility index (Phi) is 3.73. The van der Waals surface area contributed by atoms with E-state index in [1.165, 1.54) is 18.6 Å². The Hall–Kier alpha value is 0.460. The van der Waals surface area contributed by atoms with Gasteiger partial charge in [-0.1, -0.05) is 11.1 Å². The molecule has 0 aromatic heterocycles. The Morgan fingerprint density at radius 3 is 3.00 bits per heavy atom. The molecule has 0 saturated carbocycles. The van der Waals surface area contributed by atoms with Crippen LogP contribution in [0.15, 0.2) is 0 Å². The van der Waals surface area contributed by atoms with Crippen LogP contribution in [-0.4, -0.2) is 25.5 Å². The van der Waals surface area contributed by atoms with E-state index in [2.05, 4.69) is 0 Å². The molecule has 4 heteroatoms. The van der Waals surface area contributed by atoms with E-state index in [1.807, 2.05) is 11.8 Å². The molecule has 1 rings (SSSR count). The third kappa shape index (κ3) is 3.03. The van der Waals surface area contributed by atoms with Crippen molar-refractivity contribution in [3.05, 3.63) is 0 Å². The minimum atomic E-state index is -1.82. The second-order valence-corrected chi connectivity index (χ2v) is 4.86. The lowest BCUT2D eigenvalue weighted by atomic mass is 10.2. The van der Waals surface area contributed by atoms with Gasteiger partial charge in [0.1, 0.15) is 0 Å². The Labute approximate surface area is 68.1 Å². The molecule has 0 radical (unpaired) electrons. The first-order valence-corrected chi connectivity index (χ1v) is 5.76. The third-order valence-corrected chi connectivity index (χ3v) is 3.67. The standard InChI is InChI=1S/C6H12O2S2/c7-10(8)5-3-6-2-1-4-9-6/h6H,1-5H2,(H,7,8)/p-1. The van der Waals surface area contributed by atoms with E-state index in [1.54, 1.807) is 0 Å². The van der Waals surface area contributed by atoms with Crippen molar-refractivity contribution in [2.45, 2.75) is 24.5 Å². The molecule has 2 unspecified atom stereocenters. The molecule has 60 valence electrons. The van der Waals surface area contributed by atoms with Crippen molar-refractivity contribution in [2.75, 3.05) is 11.5 Å². The van der Waals surface area contributed by atoms with Gasteiger partial charge in [-0.2, -0.15) is 11.8 Å². The highest BCUT2D eigenvalue weighted by molar-refractivity contribution is 8.00. The summed E-state index contributed by atoms with van der Waals surface area (Å²) in [6.07, 6.45) is 3.32. The zero-order valence-electron chi connectivity index (χ0n) is 5.75. The molecular weight excluding hydrogens is 168 g/mol. The first-order chi connectivity index (χ1) is 4.79. The first-order valence-electron chi connectivity index (χ1n) is 3.46. The van der Waals surface area contributed by atoms with Gasteiger partial charge in [0, 0.05) is 11.0 Å². The molecule has 0 spiro atoms. The van der Waals surface area contributed by atoms with E-state index in [0.29, 0.717) is 11.0 Å². The Bertz CT molecular complexity index is 121. The molecule has 0 aliphatic carbocycles. The molecule has 1 fully saturated rings. The van der Waals surface area contributed by atoms with E-state index in [0.717, 1.165) is 6.42 Å². The lowest BCUT2D eigenvalue weighted by Crippen LogP contribution is -2.04. The van der Waals surface area contributed by atoms with Crippen molar-refractivity contribution < 1.29 is 8.76 Å². The highest BCUT2D eigenvalue weighted by Crippen LogP contribution is 2.28. The van der Waals surface area contributed by atoms with E-state index in [9.17, 15) is 8.76 Å².